The van der Waals surface area contributed by atoms with Crippen molar-refractivity contribution in [1.82, 2.24) is 5.32 Å². The molecule has 0 bridgehead atoms. The molecule has 2 aliphatic rings. The lowest BCUT2D eigenvalue weighted by molar-refractivity contribution is -0.0807. The van der Waals surface area contributed by atoms with Crippen molar-refractivity contribution in [3.05, 3.63) is 23.8 Å². The molecular weight excluding hydrogens is 254 g/mol. The fourth-order valence-corrected chi connectivity index (χ4v) is 2.87. The number of methoxy groups -OCH3 is 1. The van der Waals surface area contributed by atoms with Gasteiger partial charge in [0.05, 0.1) is 20.3 Å². The molecule has 20 heavy (non-hydrogen) atoms. The summed E-state index contributed by atoms with van der Waals surface area (Å²) in [4.78, 5) is 0. The number of rotatable bonds is 5. The molecule has 2 aliphatic heterocycles. The average Bonchev–Trinajstić information content (AvgIpc) is 2.45. The second kappa shape index (κ2) is 6.46. The van der Waals surface area contributed by atoms with Gasteiger partial charge in [-0.3, -0.25) is 0 Å². The summed E-state index contributed by atoms with van der Waals surface area (Å²) >= 11 is 0. The van der Waals surface area contributed by atoms with Crippen molar-refractivity contribution in [3.8, 4) is 11.5 Å². The number of hydrogen-bond acceptors (Lipinski definition) is 4. The molecule has 2 heterocycles. The van der Waals surface area contributed by atoms with Crippen LogP contribution in [0.4, 0.5) is 0 Å². The highest BCUT2D eigenvalue weighted by Crippen LogP contribution is 2.35. The Balaban J connectivity index is 1.76. The molecule has 4 nitrogen and oxygen atoms in total. The third kappa shape index (κ3) is 3.07. The first-order valence-corrected chi connectivity index (χ1v) is 7.48. The van der Waals surface area contributed by atoms with Crippen LogP contribution in [0.25, 0.3) is 0 Å². The zero-order chi connectivity index (χ0) is 13.8. The summed E-state index contributed by atoms with van der Waals surface area (Å²) < 4.78 is 16.7. The first-order chi connectivity index (χ1) is 9.86. The maximum atomic E-state index is 6.07. The molecule has 2 fully saturated rings. The molecule has 4 heteroatoms. The molecule has 1 aromatic carbocycles. The summed E-state index contributed by atoms with van der Waals surface area (Å²) in [7, 11) is 1.70. The van der Waals surface area contributed by atoms with E-state index in [0.717, 1.165) is 31.0 Å². The van der Waals surface area contributed by atoms with E-state index in [9.17, 15) is 0 Å². The van der Waals surface area contributed by atoms with Gasteiger partial charge >= 0.3 is 0 Å². The number of ether oxygens (including phenoxy) is 3. The van der Waals surface area contributed by atoms with Crippen molar-refractivity contribution in [3.63, 3.8) is 0 Å². The van der Waals surface area contributed by atoms with Crippen LogP contribution in [0, 0.1) is 5.92 Å². The van der Waals surface area contributed by atoms with E-state index in [1.807, 2.05) is 6.07 Å². The molecule has 110 valence electrons. The van der Waals surface area contributed by atoms with E-state index in [2.05, 4.69) is 17.4 Å². The third-order valence-corrected chi connectivity index (χ3v) is 4.08. The smallest absolute Gasteiger partial charge is 0.165 e. The van der Waals surface area contributed by atoms with Gasteiger partial charge in [0.15, 0.2) is 11.5 Å². The van der Waals surface area contributed by atoms with E-state index >= 15 is 0 Å². The Bertz CT molecular complexity index is 439. The van der Waals surface area contributed by atoms with Crippen molar-refractivity contribution in [2.75, 3.05) is 33.4 Å². The van der Waals surface area contributed by atoms with Crippen molar-refractivity contribution in [2.45, 2.75) is 25.4 Å². The van der Waals surface area contributed by atoms with Gasteiger partial charge in [0.25, 0.3) is 0 Å². The van der Waals surface area contributed by atoms with E-state index in [4.69, 9.17) is 14.2 Å². The molecule has 0 aromatic heterocycles. The van der Waals surface area contributed by atoms with Gasteiger partial charge in [-0.15, -0.1) is 0 Å². The lowest BCUT2D eigenvalue weighted by Crippen LogP contribution is -2.39. The fraction of sp³-hybridized carbons (Fsp3) is 0.625. The van der Waals surface area contributed by atoms with Gasteiger partial charge in [0.2, 0.25) is 0 Å². The van der Waals surface area contributed by atoms with Gasteiger partial charge in [-0.2, -0.15) is 0 Å². The van der Waals surface area contributed by atoms with Gasteiger partial charge in [0.1, 0.15) is 6.10 Å². The molecular formula is C16H23NO3. The van der Waals surface area contributed by atoms with Crippen LogP contribution in [0.5, 0.6) is 11.5 Å². The molecule has 3 rings (SSSR count). The van der Waals surface area contributed by atoms with E-state index in [0.29, 0.717) is 19.1 Å². The maximum Gasteiger partial charge on any atom is 0.165 e. The van der Waals surface area contributed by atoms with Gasteiger partial charge in [0, 0.05) is 0 Å². The number of nitrogens with one attached hydrogen (secondary N) is 1. The number of para-hydroxylation sites is 1. The van der Waals surface area contributed by atoms with E-state index in [1.54, 1.807) is 7.11 Å². The molecule has 1 aromatic rings. The Kier molecular flexibility index (Phi) is 4.43. The Hall–Kier alpha value is -1.26. The van der Waals surface area contributed by atoms with Crippen LogP contribution >= 0.6 is 0 Å². The van der Waals surface area contributed by atoms with Gasteiger partial charge in [-0.05, 0) is 49.9 Å². The molecule has 0 radical (unpaired) electrons. The zero-order valence-corrected chi connectivity index (χ0v) is 12.1. The Morgan fingerprint density at radius 1 is 1.35 bits per heavy atom. The molecule has 0 amide bonds. The molecule has 1 unspecified atom stereocenters. The van der Waals surface area contributed by atoms with E-state index in [1.165, 1.54) is 18.4 Å². The minimum atomic E-state index is 0.175. The summed E-state index contributed by atoms with van der Waals surface area (Å²) in [5.41, 5.74) is 1.25. The van der Waals surface area contributed by atoms with Crippen LogP contribution in [0.15, 0.2) is 18.2 Å². The molecule has 0 aliphatic carbocycles. The number of piperidine rings is 1. The predicted octanol–water partition coefficient (Wildman–Crippen LogP) is 2.01. The molecule has 0 saturated carbocycles. The molecule has 1 atom stereocenters. The number of hydrogen-bond donors (Lipinski definition) is 1. The monoisotopic (exact) mass is 277 g/mol. The number of benzene rings is 1. The summed E-state index contributed by atoms with van der Waals surface area (Å²) in [5.74, 6) is 2.43. The van der Waals surface area contributed by atoms with Crippen molar-refractivity contribution in [2.24, 2.45) is 5.92 Å². The summed E-state index contributed by atoms with van der Waals surface area (Å²) in [6.07, 6.45) is 3.78. The van der Waals surface area contributed by atoms with Crippen LogP contribution in [0.3, 0.4) is 0 Å². The van der Waals surface area contributed by atoms with Crippen LogP contribution in [-0.4, -0.2) is 39.5 Å². The predicted molar refractivity (Wildman–Crippen MR) is 77.5 cm³/mol. The Morgan fingerprint density at radius 2 is 2.25 bits per heavy atom. The van der Waals surface area contributed by atoms with Crippen molar-refractivity contribution in [1.29, 1.82) is 0 Å². The van der Waals surface area contributed by atoms with Crippen molar-refractivity contribution >= 4 is 0 Å². The maximum absolute atomic E-state index is 6.07. The second-order valence-corrected chi connectivity index (χ2v) is 5.64. The van der Waals surface area contributed by atoms with E-state index < -0.39 is 0 Å². The van der Waals surface area contributed by atoms with Crippen molar-refractivity contribution < 1.29 is 14.2 Å². The highest BCUT2D eigenvalue weighted by molar-refractivity contribution is 5.47. The SMILES string of the molecule is COc1cccc(CC2CCCNC2)c1OC1COC1. The van der Waals surface area contributed by atoms with E-state index in [-0.39, 0.29) is 6.10 Å². The van der Waals surface area contributed by atoms with Crippen LogP contribution in [-0.2, 0) is 11.2 Å². The van der Waals surface area contributed by atoms with Gasteiger partial charge in [-0.1, -0.05) is 12.1 Å². The Morgan fingerprint density at radius 3 is 2.90 bits per heavy atom. The van der Waals surface area contributed by atoms with Crippen LogP contribution in [0.2, 0.25) is 0 Å². The highest BCUT2D eigenvalue weighted by Gasteiger charge is 2.24. The Labute approximate surface area is 120 Å². The fourth-order valence-electron chi connectivity index (χ4n) is 2.87. The minimum Gasteiger partial charge on any atom is -0.493 e. The normalized spacial score (nSPS) is 23.1. The summed E-state index contributed by atoms with van der Waals surface area (Å²) in [6, 6.07) is 6.18. The van der Waals surface area contributed by atoms with Gasteiger partial charge in [-0.25, -0.2) is 0 Å². The largest absolute Gasteiger partial charge is 0.493 e. The molecule has 2 saturated heterocycles. The second-order valence-electron chi connectivity index (χ2n) is 5.64. The zero-order valence-electron chi connectivity index (χ0n) is 12.1. The van der Waals surface area contributed by atoms with Gasteiger partial charge < -0.3 is 19.5 Å². The standard InChI is InChI=1S/C16H23NO3/c1-18-15-6-2-5-13(8-12-4-3-7-17-9-12)16(15)20-14-10-19-11-14/h2,5-6,12,14,17H,3-4,7-11H2,1H3. The average molecular weight is 277 g/mol. The van der Waals surface area contributed by atoms with Crippen LogP contribution in [0.1, 0.15) is 18.4 Å². The highest BCUT2D eigenvalue weighted by atomic mass is 16.6. The first-order valence-electron chi connectivity index (χ1n) is 7.48. The van der Waals surface area contributed by atoms with Crippen LogP contribution < -0.4 is 14.8 Å². The third-order valence-electron chi connectivity index (χ3n) is 4.08. The minimum absolute atomic E-state index is 0.175. The first kappa shape index (κ1) is 13.7. The lowest BCUT2D eigenvalue weighted by Gasteiger charge is -2.29. The molecule has 1 N–H and O–H groups in total. The summed E-state index contributed by atoms with van der Waals surface area (Å²) in [5, 5.41) is 3.47. The quantitative estimate of drug-likeness (QED) is 0.894. The lowest BCUT2D eigenvalue weighted by atomic mass is 9.92. The topological polar surface area (TPSA) is 39.7 Å². The molecule has 0 spiro atoms. The summed E-state index contributed by atoms with van der Waals surface area (Å²) in [6.45, 7) is 3.62.